The predicted octanol–water partition coefficient (Wildman–Crippen LogP) is 3.32. The third-order valence-electron chi connectivity index (χ3n) is 5.35. The summed E-state index contributed by atoms with van der Waals surface area (Å²) in [6.07, 6.45) is -2.29. The van der Waals surface area contributed by atoms with E-state index in [2.05, 4.69) is 15.6 Å². The van der Waals surface area contributed by atoms with Gasteiger partial charge in [0.25, 0.3) is 5.69 Å². The van der Waals surface area contributed by atoms with Crippen molar-refractivity contribution >= 4 is 23.1 Å². The molecule has 0 radical (unpaired) electrons. The number of carbonyl (C=O) groups is 1. The summed E-state index contributed by atoms with van der Waals surface area (Å²) < 4.78 is 38.7. The molecule has 2 N–H and O–H groups in total. The fourth-order valence-corrected chi connectivity index (χ4v) is 3.64. The number of benzene rings is 1. The molecule has 174 valence electrons. The lowest BCUT2D eigenvalue weighted by molar-refractivity contribution is -0.384. The molecular weight excluding hydrogens is 441 g/mol. The second-order valence-electron chi connectivity index (χ2n) is 7.45. The Morgan fingerprint density at radius 2 is 2.00 bits per heavy atom. The Kier molecular flexibility index (Phi) is 7.32. The van der Waals surface area contributed by atoms with E-state index in [4.69, 9.17) is 5.26 Å². The summed E-state index contributed by atoms with van der Waals surface area (Å²) in [7, 11) is 0. The van der Waals surface area contributed by atoms with Gasteiger partial charge in [0.2, 0.25) is 5.91 Å². The van der Waals surface area contributed by atoms with Crippen LogP contribution in [0.2, 0.25) is 0 Å². The number of hydrogen-bond donors (Lipinski definition) is 2. The quantitative estimate of drug-likeness (QED) is 0.367. The average molecular weight is 462 g/mol. The van der Waals surface area contributed by atoms with E-state index in [9.17, 15) is 28.1 Å². The first kappa shape index (κ1) is 23.8. The number of carbonyl (C=O) groups excluding carboxylic acids is 1. The van der Waals surface area contributed by atoms with Crippen molar-refractivity contribution in [3.8, 4) is 6.07 Å². The van der Waals surface area contributed by atoms with Crippen LogP contribution < -0.4 is 15.5 Å². The van der Waals surface area contributed by atoms with E-state index >= 15 is 0 Å². The van der Waals surface area contributed by atoms with Crippen molar-refractivity contribution in [2.45, 2.75) is 19.0 Å². The normalized spacial score (nSPS) is 14.4. The monoisotopic (exact) mass is 462 g/mol. The fraction of sp³-hybridized carbons (Fsp3) is 0.381. The molecule has 1 aromatic heterocycles. The average Bonchev–Trinajstić information content (AvgIpc) is 2.81. The van der Waals surface area contributed by atoms with Crippen molar-refractivity contribution in [3.63, 3.8) is 0 Å². The minimum absolute atomic E-state index is 0.111. The van der Waals surface area contributed by atoms with E-state index in [0.717, 1.165) is 12.1 Å². The topological polar surface area (TPSA) is 124 Å². The summed E-state index contributed by atoms with van der Waals surface area (Å²) in [5.74, 6) is -0.0418. The Morgan fingerprint density at radius 1 is 1.27 bits per heavy atom. The molecule has 0 spiro atoms. The molecule has 12 heteroatoms. The maximum atomic E-state index is 12.9. The van der Waals surface area contributed by atoms with Gasteiger partial charge in [0.1, 0.15) is 17.6 Å². The highest BCUT2D eigenvalue weighted by molar-refractivity contribution is 5.79. The van der Waals surface area contributed by atoms with Gasteiger partial charge in [-0.1, -0.05) is 0 Å². The van der Waals surface area contributed by atoms with E-state index in [0.29, 0.717) is 56.5 Å². The molecule has 9 nitrogen and oxygen atoms in total. The molecule has 1 fully saturated rings. The number of nitro groups is 1. The number of pyridine rings is 1. The van der Waals surface area contributed by atoms with Crippen molar-refractivity contribution in [1.82, 2.24) is 10.3 Å². The molecule has 1 aliphatic heterocycles. The Balaban J connectivity index is 1.52. The van der Waals surface area contributed by atoms with Crippen LogP contribution in [0.1, 0.15) is 24.0 Å². The van der Waals surface area contributed by atoms with E-state index < -0.39 is 22.4 Å². The number of hydrogen-bond acceptors (Lipinski definition) is 7. The van der Waals surface area contributed by atoms with Gasteiger partial charge in [-0.25, -0.2) is 4.98 Å². The van der Waals surface area contributed by atoms with Gasteiger partial charge in [-0.15, -0.1) is 0 Å². The van der Waals surface area contributed by atoms with Gasteiger partial charge in [0.15, 0.2) is 0 Å². The number of piperidine rings is 1. The van der Waals surface area contributed by atoms with Crippen LogP contribution in [0.5, 0.6) is 0 Å². The third kappa shape index (κ3) is 5.88. The first-order valence-corrected chi connectivity index (χ1v) is 10.2. The molecular formula is C21H21F3N6O3. The summed E-state index contributed by atoms with van der Waals surface area (Å²) in [4.78, 5) is 28.7. The third-order valence-corrected chi connectivity index (χ3v) is 5.35. The molecule has 1 aliphatic rings. The first-order valence-electron chi connectivity index (χ1n) is 10.2. The lowest BCUT2D eigenvalue weighted by Crippen LogP contribution is -2.41. The second-order valence-corrected chi connectivity index (χ2v) is 7.45. The number of nitriles is 1. The molecule has 2 aromatic rings. The molecule has 0 aliphatic carbocycles. The molecule has 1 saturated heterocycles. The number of nitrogens with zero attached hydrogens (tertiary/aromatic N) is 4. The Labute approximate surface area is 187 Å². The van der Waals surface area contributed by atoms with Crippen LogP contribution in [0.3, 0.4) is 0 Å². The standard InChI is InChI=1S/C21H21F3N6O3/c22-21(23,24)16-3-4-17(18(12-16)30(32)33)29-10-5-14(6-11-29)20(31)28-9-8-27-19-15(13-25)2-1-7-26-19/h1-4,7,12,14H,5-6,8-11H2,(H,26,27)(H,28,31). The molecule has 1 amide bonds. The van der Waals surface area contributed by atoms with E-state index in [1.807, 2.05) is 6.07 Å². The van der Waals surface area contributed by atoms with E-state index in [-0.39, 0.29) is 17.5 Å². The van der Waals surface area contributed by atoms with Gasteiger partial charge >= 0.3 is 6.18 Å². The maximum Gasteiger partial charge on any atom is 0.416 e. The van der Waals surface area contributed by atoms with Crippen LogP contribution in [-0.4, -0.2) is 42.0 Å². The van der Waals surface area contributed by atoms with Crippen LogP contribution in [0.15, 0.2) is 36.5 Å². The molecule has 0 bridgehead atoms. The minimum Gasteiger partial charge on any atom is -0.367 e. The van der Waals surface area contributed by atoms with Crippen LogP contribution in [-0.2, 0) is 11.0 Å². The highest BCUT2D eigenvalue weighted by Gasteiger charge is 2.34. The van der Waals surface area contributed by atoms with Gasteiger partial charge in [-0.3, -0.25) is 14.9 Å². The van der Waals surface area contributed by atoms with Gasteiger partial charge in [0.05, 0.1) is 16.1 Å². The second kappa shape index (κ2) is 10.2. The van der Waals surface area contributed by atoms with Crippen molar-refractivity contribution in [2.75, 3.05) is 36.4 Å². The number of aromatic nitrogens is 1. The van der Waals surface area contributed by atoms with Crippen LogP contribution in [0.4, 0.5) is 30.4 Å². The SMILES string of the molecule is N#Cc1cccnc1NCCNC(=O)C1CCN(c2ccc(C(F)(F)F)cc2[N+](=O)[O-])CC1. The van der Waals surface area contributed by atoms with E-state index in [1.165, 1.54) is 0 Å². The number of alkyl halides is 3. The zero-order valence-corrected chi connectivity index (χ0v) is 17.4. The number of rotatable bonds is 7. The van der Waals surface area contributed by atoms with Gasteiger partial charge < -0.3 is 15.5 Å². The summed E-state index contributed by atoms with van der Waals surface area (Å²) in [6, 6.07) is 7.78. The molecule has 0 atom stereocenters. The number of amides is 1. The fourth-order valence-electron chi connectivity index (χ4n) is 3.64. The molecule has 2 heterocycles. The van der Waals surface area contributed by atoms with Crippen LogP contribution in [0.25, 0.3) is 0 Å². The highest BCUT2D eigenvalue weighted by atomic mass is 19.4. The number of anilines is 2. The summed E-state index contributed by atoms with van der Waals surface area (Å²) in [5.41, 5.74) is -1.17. The molecule has 33 heavy (non-hydrogen) atoms. The van der Waals surface area contributed by atoms with Crippen molar-refractivity contribution in [1.29, 1.82) is 5.26 Å². The molecule has 0 saturated carbocycles. The molecule has 3 rings (SSSR count). The maximum absolute atomic E-state index is 12.9. The Hall–Kier alpha value is -3.88. The lowest BCUT2D eigenvalue weighted by Gasteiger charge is -2.32. The number of nitrogens with one attached hydrogen (secondary N) is 2. The lowest BCUT2D eigenvalue weighted by atomic mass is 9.95. The van der Waals surface area contributed by atoms with Gasteiger partial charge in [0, 0.05) is 44.4 Å². The summed E-state index contributed by atoms with van der Waals surface area (Å²) in [6.45, 7) is 1.29. The summed E-state index contributed by atoms with van der Waals surface area (Å²) >= 11 is 0. The minimum atomic E-state index is -4.67. The highest BCUT2D eigenvalue weighted by Crippen LogP contribution is 2.37. The summed E-state index contributed by atoms with van der Waals surface area (Å²) in [5, 5.41) is 26.2. The zero-order valence-electron chi connectivity index (χ0n) is 17.4. The molecule has 1 aromatic carbocycles. The Morgan fingerprint density at radius 3 is 2.64 bits per heavy atom. The number of nitro benzene ring substituents is 1. The first-order chi connectivity index (χ1) is 15.7. The van der Waals surface area contributed by atoms with Crippen molar-refractivity contribution < 1.29 is 22.9 Å². The predicted molar refractivity (Wildman–Crippen MR) is 113 cm³/mol. The van der Waals surface area contributed by atoms with E-state index in [1.54, 1.807) is 23.2 Å². The smallest absolute Gasteiger partial charge is 0.367 e. The van der Waals surface area contributed by atoms with Crippen molar-refractivity contribution in [2.24, 2.45) is 5.92 Å². The molecule has 0 unspecified atom stereocenters. The largest absolute Gasteiger partial charge is 0.416 e. The van der Waals surface area contributed by atoms with Gasteiger partial charge in [-0.05, 0) is 37.1 Å². The van der Waals surface area contributed by atoms with Crippen LogP contribution >= 0.6 is 0 Å². The number of halogens is 3. The van der Waals surface area contributed by atoms with Crippen LogP contribution in [0, 0.1) is 27.4 Å². The van der Waals surface area contributed by atoms with Gasteiger partial charge in [-0.2, -0.15) is 18.4 Å². The van der Waals surface area contributed by atoms with Crippen molar-refractivity contribution in [3.05, 3.63) is 57.8 Å². The Bertz CT molecular complexity index is 1060. The zero-order chi connectivity index (χ0) is 24.0.